The zero-order chi connectivity index (χ0) is 29.7. The van der Waals surface area contributed by atoms with E-state index in [-0.39, 0.29) is 23.2 Å². The smallest absolute Gasteiger partial charge is 0.264 e. The van der Waals surface area contributed by atoms with E-state index in [1.54, 1.807) is 19.9 Å². The Labute approximate surface area is 249 Å². The molecule has 0 saturated heterocycles. The van der Waals surface area contributed by atoms with Crippen molar-refractivity contribution in [2.75, 3.05) is 15.8 Å². The van der Waals surface area contributed by atoms with Gasteiger partial charge in [-0.15, -0.1) is 11.8 Å². The molecule has 1 unspecified atom stereocenters. The Morgan fingerprint density at radius 1 is 1.02 bits per heavy atom. The van der Waals surface area contributed by atoms with Crippen LogP contribution in [0.2, 0.25) is 0 Å². The van der Waals surface area contributed by atoms with Gasteiger partial charge >= 0.3 is 0 Å². The summed E-state index contributed by atoms with van der Waals surface area (Å²) in [6, 6.07) is 22.3. The zero-order valence-electron chi connectivity index (χ0n) is 23.3. The molecule has 0 bridgehead atoms. The maximum atomic E-state index is 12.7. The van der Waals surface area contributed by atoms with Gasteiger partial charge in [0.25, 0.3) is 10.0 Å². The molecule has 0 radical (unpaired) electrons. The molecule has 1 aliphatic carbocycles. The van der Waals surface area contributed by atoms with Crippen molar-refractivity contribution >= 4 is 39.3 Å². The summed E-state index contributed by atoms with van der Waals surface area (Å²) < 4.78 is 27.9. The van der Waals surface area contributed by atoms with Gasteiger partial charge in [-0.3, -0.25) is 4.79 Å². The Bertz CT molecular complexity index is 1730. The molecule has 11 heteroatoms. The highest BCUT2D eigenvalue weighted by atomic mass is 32.2. The van der Waals surface area contributed by atoms with Crippen LogP contribution in [0.4, 0.5) is 11.6 Å². The van der Waals surface area contributed by atoms with Crippen molar-refractivity contribution in [2.24, 2.45) is 0 Å². The highest BCUT2D eigenvalue weighted by Gasteiger charge is 2.23. The van der Waals surface area contributed by atoms with Crippen molar-refractivity contribution in [2.45, 2.75) is 55.4 Å². The molecule has 0 spiro atoms. The number of aryl methyl sites for hydroxylation is 3. The summed E-state index contributed by atoms with van der Waals surface area (Å²) in [4.78, 5) is 25.6. The summed E-state index contributed by atoms with van der Waals surface area (Å²) >= 11 is 1.40. The van der Waals surface area contributed by atoms with E-state index in [1.165, 1.54) is 41.6 Å². The summed E-state index contributed by atoms with van der Waals surface area (Å²) in [7, 11) is -3.89. The van der Waals surface area contributed by atoms with E-state index in [1.807, 2.05) is 12.1 Å². The van der Waals surface area contributed by atoms with Crippen molar-refractivity contribution in [3.63, 3.8) is 0 Å². The van der Waals surface area contributed by atoms with Crippen molar-refractivity contribution in [3.8, 4) is 6.07 Å². The number of rotatable bonds is 9. The van der Waals surface area contributed by atoms with Gasteiger partial charge in [0.2, 0.25) is 11.9 Å². The standard InChI is InChI=1S/C31H30N6O3S2/c1-20-16-21(2)34-31(33-20)37-42(39,40)27-11-9-26(10-12-27)35-29(38)14-15-41-30-25(19-32)18-24-17-23(8-13-28(24)36-30)22-6-4-3-5-7-22/h3-7,9-12,16,18,23H,8,13-15,17H2,1-2H3,(H,35,38)(H,33,34,37). The van der Waals surface area contributed by atoms with Crippen LogP contribution < -0.4 is 10.0 Å². The molecular formula is C31H30N6O3S2. The number of nitrogens with zero attached hydrogens (tertiary/aromatic N) is 4. The van der Waals surface area contributed by atoms with E-state index in [2.05, 4.69) is 50.3 Å². The minimum Gasteiger partial charge on any atom is -0.326 e. The van der Waals surface area contributed by atoms with Gasteiger partial charge in [0.1, 0.15) is 11.1 Å². The number of hydrogen-bond acceptors (Lipinski definition) is 8. The van der Waals surface area contributed by atoms with Crippen LogP contribution in [-0.2, 0) is 27.7 Å². The van der Waals surface area contributed by atoms with Gasteiger partial charge in [-0.2, -0.15) is 5.26 Å². The third-order valence-corrected chi connectivity index (χ3v) is 9.30. The first-order valence-corrected chi connectivity index (χ1v) is 16.0. The highest BCUT2D eigenvalue weighted by molar-refractivity contribution is 7.99. The molecule has 2 aromatic carbocycles. The lowest BCUT2D eigenvalue weighted by molar-refractivity contribution is -0.115. The lowest BCUT2D eigenvalue weighted by Gasteiger charge is -2.25. The van der Waals surface area contributed by atoms with Crippen LogP contribution in [0.1, 0.15) is 52.5 Å². The van der Waals surface area contributed by atoms with Gasteiger partial charge < -0.3 is 5.32 Å². The predicted octanol–water partition coefficient (Wildman–Crippen LogP) is 5.55. The third kappa shape index (κ3) is 7.13. The molecule has 4 aromatic rings. The number of nitriles is 1. The number of nitrogens with one attached hydrogen (secondary N) is 2. The quantitative estimate of drug-likeness (QED) is 0.239. The first kappa shape index (κ1) is 29.2. The van der Waals surface area contributed by atoms with Crippen LogP contribution in [-0.4, -0.2) is 35.0 Å². The second kappa shape index (κ2) is 12.7. The topological polar surface area (TPSA) is 138 Å². The molecule has 9 nitrogen and oxygen atoms in total. The van der Waals surface area contributed by atoms with Crippen LogP contribution in [0.5, 0.6) is 0 Å². The Morgan fingerprint density at radius 2 is 1.74 bits per heavy atom. The second-order valence-electron chi connectivity index (χ2n) is 10.2. The number of carbonyl (C=O) groups is 1. The number of benzene rings is 2. The Morgan fingerprint density at radius 3 is 2.43 bits per heavy atom. The van der Waals surface area contributed by atoms with Crippen LogP contribution in [0, 0.1) is 25.2 Å². The van der Waals surface area contributed by atoms with Crippen LogP contribution in [0.3, 0.4) is 0 Å². The van der Waals surface area contributed by atoms with Crippen LogP contribution in [0.15, 0.2) is 76.7 Å². The van der Waals surface area contributed by atoms with E-state index < -0.39 is 10.0 Å². The predicted molar refractivity (Wildman–Crippen MR) is 163 cm³/mol. The SMILES string of the molecule is Cc1cc(C)nc(NS(=O)(=O)c2ccc(NC(=O)CCSc3nc4c(cc3C#N)CC(c3ccccc3)CC4)cc2)n1. The van der Waals surface area contributed by atoms with E-state index in [4.69, 9.17) is 4.98 Å². The summed E-state index contributed by atoms with van der Waals surface area (Å²) in [5.41, 5.74) is 5.77. The zero-order valence-corrected chi connectivity index (χ0v) is 24.9. The van der Waals surface area contributed by atoms with Gasteiger partial charge in [0.05, 0.1) is 10.5 Å². The van der Waals surface area contributed by atoms with Crippen molar-refractivity contribution < 1.29 is 13.2 Å². The average Bonchev–Trinajstić information content (AvgIpc) is 2.96. The molecule has 0 fully saturated rings. The molecule has 2 heterocycles. The molecule has 0 saturated carbocycles. The number of anilines is 2. The number of thioether (sulfide) groups is 1. The normalized spacial score (nSPS) is 14.5. The second-order valence-corrected chi connectivity index (χ2v) is 12.9. The molecule has 1 atom stereocenters. The lowest BCUT2D eigenvalue weighted by atomic mass is 9.82. The largest absolute Gasteiger partial charge is 0.326 e. The number of sulfonamides is 1. The Balaban J connectivity index is 1.15. The minimum absolute atomic E-state index is 0.00623. The first-order chi connectivity index (χ1) is 20.2. The summed E-state index contributed by atoms with van der Waals surface area (Å²) in [6.45, 7) is 3.52. The number of aromatic nitrogens is 3. The number of hydrogen-bond donors (Lipinski definition) is 2. The molecule has 1 amide bonds. The van der Waals surface area contributed by atoms with Gasteiger partial charge in [-0.1, -0.05) is 30.3 Å². The fourth-order valence-electron chi connectivity index (χ4n) is 4.98. The molecular weight excluding hydrogens is 569 g/mol. The summed E-state index contributed by atoms with van der Waals surface area (Å²) in [6.07, 6.45) is 2.94. The van der Waals surface area contributed by atoms with E-state index in [0.717, 1.165) is 30.5 Å². The number of carbonyl (C=O) groups excluding carboxylic acids is 1. The fourth-order valence-corrected chi connectivity index (χ4v) is 6.84. The van der Waals surface area contributed by atoms with E-state index in [0.29, 0.717) is 39.3 Å². The third-order valence-electron chi connectivity index (χ3n) is 6.97. The van der Waals surface area contributed by atoms with Crippen LogP contribution >= 0.6 is 11.8 Å². The minimum atomic E-state index is -3.89. The van der Waals surface area contributed by atoms with E-state index >= 15 is 0 Å². The van der Waals surface area contributed by atoms with Crippen molar-refractivity contribution in [1.29, 1.82) is 5.26 Å². The van der Waals surface area contributed by atoms with Gasteiger partial charge in [-0.05, 0) is 86.6 Å². The van der Waals surface area contributed by atoms with Gasteiger partial charge in [0, 0.05) is 34.9 Å². The molecule has 42 heavy (non-hydrogen) atoms. The maximum Gasteiger partial charge on any atom is 0.264 e. The number of amides is 1. The van der Waals surface area contributed by atoms with Crippen molar-refractivity contribution in [3.05, 3.63) is 101 Å². The summed E-state index contributed by atoms with van der Waals surface area (Å²) in [5, 5.41) is 13.2. The number of pyridine rings is 1. The molecule has 214 valence electrons. The Hall–Kier alpha value is -4.27. The van der Waals surface area contributed by atoms with E-state index in [9.17, 15) is 18.5 Å². The first-order valence-electron chi connectivity index (χ1n) is 13.6. The molecule has 0 aliphatic heterocycles. The lowest BCUT2D eigenvalue weighted by Crippen LogP contribution is -2.16. The Kier molecular flexibility index (Phi) is 8.85. The highest BCUT2D eigenvalue weighted by Crippen LogP contribution is 2.34. The fraction of sp³-hybridized carbons (Fsp3) is 0.258. The average molecular weight is 599 g/mol. The summed E-state index contributed by atoms with van der Waals surface area (Å²) in [5.74, 6) is 0.658. The van der Waals surface area contributed by atoms with Gasteiger partial charge in [-0.25, -0.2) is 28.1 Å². The van der Waals surface area contributed by atoms with Crippen LogP contribution in [0.25, 0.3) is 0 Å². The molecule has 2 N–H and O–H groups in total. The molecule has 5 rings (SSSR count). The maximum absolute atomic E-state index is 12.7. The van der Waals surface area contributed by atoms with Gasteiger partial charge in [0.15, 0.2) is 0 Å². The molecule has 2 aromatic heterocycles. The molecule has 1 aliphatic rings. The monoisotopic (exact) mass is 598 g/mol. The number of fused-ring (bicyclic) bond motifs is 1. The van der Waals surface area contributed by atoms with Crippen molar-refractivity contribution in [1.82, 2.24) is 15.0 Å².